The summed E-state index contributed by atoms with van der Waals surface area (Å²) in [6, 6.07) is 2.16. The summed E-state index contributed by atoms with van der Waals surface area (Å²) in [5, 5.41) is 8.36. The van der Waals surface area contributed by atoms with Crippen LogP contribution in [0.4, 0.5) is 0 Å². The number of rotatable bonds is 4. The van der Waals surface area contributed by atoms with Gasteiger partial charge in [-0.15, -0.1) is 0 Å². The summed E-state index contributed by atoms with van der Waals surface area (Å²) in [7, 11) is 2.04. The lowest BCUT2D eigenvalue weighted by Crippen LogP contribution is -2.29. The molecule has 3 nitrogen and oxygen atoms in total. The highest BCUT2D eigenvalue weighted by Crippen LogP contribution is 2.00. The highest BCUT2D eigenvalue weighted by atomic mass is 15.1. The SMILES string of the molecule is Cc1n(CCCCC#N)cc[n+]1C. The molecule has 0 spiro atoms. The number of nitriles is 1. The minimum atomic E-state index is 0.673. The van der Waals surface area contributed by atoms with Crippen LogP contribution >= 0.6 is 0 Å². The molecule has 0 atom stereocenters. The minimum absolute atomic E-state index is 0.673. The van der Waals surface area contributed by atoms with Gasteiger partial charge < -0.3 is 0 Å². The Bertz CT molecular complexity index is 306. The van der Waals surface area contributed by atoms with Crippen molar-refractivity contribution in [2.45, 2.75) is 32.7 Å². The van der Waals surface area contributed by atoms with Crippen molar-refractivity contribution in [2.75, 3.05) is 0 Å². The molecule has 0 saturated heterocycles. The average molecular weight is 178 g/mol. The lowest BCUT2D eigenvalue weighted by Gasteiger charge is -1.96. The molecule has 1 aromatic heterocycles. The summed E-state index contributed by atoms with van der Waals surface area (Å²) in [5.41, 5.74) is 0. The summed E-state index contributed by atoms with van der Waals surface area (Å²) in [4.78, 5) is 0. The third kappa shape index (κ3) is 2.59. The summed E-state index contributed by atoms with van der Waals surface area (Å²) in [5.74, 6) is 1.26. The summed E-state index contributed by atoms with van der Waals surface area (Å²) in [6.07, 6.45) is 6.90. The fraction of sp³-hybridized carbons (Fsp3) is 0.600. The molecule has 0 aliphatic rings. The Kier molecular flexibility index (Phi) is 3.51. The van der Waals surface area contributed by atoms with E-state index in [0.717, 1.165) is 19.4 Å². The van der Waals surface area contributed by atoms with Gasteiger partial charge in [0, 0.05) is 13.3 Å². The lowest BCUT2D eigenvalue weighted by atomic mass is 10.2. The Balaban J connectivity index is 2.38. The molecular weight excluding hydrogens is 162 g/mol. The van der Waals surface area contributed by atoms with Crippen molar-refractivity contribution in [3.63, 3.8) is 0 Å². The first-order chi connectivity index (χ1) is 6.25. The predicted octanol–water partition coefficient (Wildman–Crippen LogP) is 1.31. The molecule has 0 fully saturated rings. The summed E-state index contributed by atoms with van der Waals surface area (Å²) in [6.45, 7) is 3.12. The Morgan fingerprint density at radius 1 is 1.54 bits per heavy atom. The summed E-state index contributed by atoms with van der Waals surface area (Å²) < 4.78 is 4.32. The molecule has 1 heterocycles. The van der Waals surface area contributed by atoms with Crippen molar-refractivity contribution in [1.82, 2.24) is 4.57 Å². The van der Waals surface area contributed by atoms with Crippen LogP contribution in [0.1, 0.15) is 25.1 Å². The van der Waals surface area contributed by atoms with E-state index in [9.17, 15) is 0 Å². The maximum atomic E-state index is 8.36. The maximum Gasteiger partial charge on any atom is 0.253 e. The smallest absolute Gasteiger partial charge is 0.237 e. The molecule has 0 N–H and O–H groups in total. The number of unbranched alkanes of at least 4 members (excludes halogenated alkanes) is 2. The van der Waals surface area contributed by atoms with Gasteiger partial charge in [0.05, 0.1) is 19.7 Å². The van der Waals surface area contributed by atoms with E-state index in [1.165, 1.54) is 5.82 Å². The van der Waals surface area contributed by atoms with Gasteiger partial charge in [-0.25, -0.2) is 9.13 Å². The number of aromatic nitrogens is 2. The molecule has 1 aromatic rings. The summed E-state index contributed by atoms with van der Waals surface area (Å²) >= 11 is 0. The number of hydrogen-bond acceptors (Lipinski definition) is 1. The molecule has 0 radical (unpaired) electrons. The molecule has 13 heavy (non-hydrogen) atoms. The van der Waals surface area contributed by atoms with Gasteiger partial charge in [0.25, 0.3) is 5.82 Å². The first kappa shape index (κ1) is 9.79. The first-order valence-electron chi connectivity index (χ1n) is 4.64. The molecule has 0 aromatic carbocycles. The van der Waals surface area contributed by atoms with Gasteiger partial charge in [0.2, 0.25) is 0 Å². The van der Waals surface area contributed by atoms with Gasteiger partial charge in [-0.05, 0) is 12.8 Å². The number of aryl methyl sites for hydroxylation is 2. The van der Waals surface area contributed by atoms with E-state index < -0.39 is 0 Å². The van der Waals surface area contributed by atoms with Gasteiger partial charge >= 0.3 is 0 Å². The zero-order valence-corrected chi connectivity index (χ0v) is 8.32. The fourth-order valence-electron chi connectivity index (χ4n) is 1.32. The molecule has 0 amide bonds. The number of hydrogen-bond donors (Lipinski definition) is 0. The topological polar surface area (TPSA) is 32.6 Å². The monoisotopic (exact) mass is 178 g/mol. The van der Waals surface area contributed by atoms with Crippen LogP contribution < -0.4 is 4.57 Å². The number of imidazole rings is 1. The van der Waals surface area contributed by atoms with E-state index in [-0.39, 0.29) is 0 Å². The molecule has 0 aliphatic carbocycles. The van der Waals surface area contributed by atoms with E-state index in [4.69, 9.17) is 5.26 Å². The molecular formula is C10H16N3+. The van der Waals surface area contributed by atoms with Crippen LogP contribution in [-0.2, 0) is 13.6 Å². The lowest BCUT2D eigenvalue weighted by molar-refractivity contribution is -0.677. The molecule has 3 heteroatoms. The normalized spacial score (nSPS) is 9.92. The Morgan fingerprint density at radius 3 is 2.85 bits per heavy atom. The van der Waals surface area contributed by atoms with Gasteiger partial charge in [0.1, 0.15) is 12.4 Å². The standard InChI is InChI=1S/C10H16N3/c1-10-12(2)8-9-13(10)7-5-3-4-6-11/h8-9H,3-5,7H2,1-2H3/q+1. The average Bonchev–Trinajstić information content (AvgIpc) is 2.43. The minimum Gasteiger partial charge on any atom is -0.237 e. The molecule has 0 unspecified atom stereocenters. The zero-order valence-electron chi connectivity index (χ0n) is 8.32. The van der Waals surface area contributed by atoms with Gasteiger partial charge in [0.15, 0.2) is 0 Å². The van der Waals surface area contributed by atoms with Gasteiger partial charge in [-0.3, -0.25) is 0 Å². The van der Waals surface area contributed by atoms with E-state index in [0.29, 0.717) is 6.42 Å². The second-order valence-electron chi connectivity index (χ2n) is 3.26. The van der Waals surface area contributed by atoms with Gasteiger partial charge in [-0.2, -0.15) is 5.26 Å². The number of nitrogens with zero attached hydrogens (tertiary/aromatic N) is 3. The molecule has 0 aliphatic heterocycles. The molecule has 0 bridgehead atoms. The second kappa shape index (κ2) is 4.66. The molecule has 1 rings (SSSR count). The van der Waals surface area contributed by atoms with E-state index >= 15 is 0 Å². The Hall–Kier alpha value is -1.30. The van der Waals surface area contributed by atoms with Crippen molar-refractivity contribution in [3.8, 4) is 6.07 Å². The van der Waals surface area contributed by atoms with Crippen LogP contribution in [0.5, 0.6) is 0 Å². The van der Waals surface area contributed by atoms with E-state index in [1.807, 2.05) is 7.05 Å². The first-order valence-corrected chi connectivity index (χ1v) is 4.64. The predicted molar refractivity (Wildman–Crippen MR) is 49.8 cm³/mol. The highest BCUT2D eigenvalue weighted by molar-refractivity contribution is 4.79. The van der Waals surface area contributed by atoms with Crippen molar-refractivity contribution in [3.05, 3.63) is 18.2 Å². The largest absolute Gasteiger partial charge is 0.253 e. The van der Waals surface area contributed by atoms with E-state index in [1.54, 1.807) is 0 Å². The van der Waals surface area contributed by atoms with Gasteiger partial charge in [-0.1, -0.05) is 0 Å². The van der Waals surface area contributed by atoms with Crippen molar-refractivity contribution in [2.24, 2.45) is 7.05 Å². The molecule has 70 valence electrons. The van der Waals surface area contributed by atoms with Crippen LogP contribution in [0.15, 0.2) is 12.4 Å². The second-order valence-corrected chi connectivity index (χ2v) is 3.26. The van der Waals surface area contributed by atoms with Crippen molar-refractivity contribution >= 4 is 0 Å². The quantitative estimate of drug-likeness (QED) is 0.505. The zero-order chi connectivity index (χ0) is 9.68. The van der Waals surface area contributed by atoms with Crippen LogP contribution in [0.3, 0.4) is 0 Å². The molecule has 0 saturated carbocycles. The Labute approximate surface area is 79.2 Å². The Morgan fingerprint density at radius 2 is 2.31 bits per heavy atom. The third-order valence-electron chi connectivity index (χ3n) is 2.33. The highest BCUT2D eigenvalue weighted by Gasteiger charge is 2.06. The van der Waals surface area contributed by atoms with Crippen LogP contribution in [0, 0.1) is 18.3 Å². The van der Waals surface area contributed by atoms with Crippen LogP contribution in [-0.4, -0.2) is 4.57 Å². The van der Waals surface area contributed by atoms with Crippen molar-refractivity contribution < 1.29 is 4.57 Å². The van der Waals surface area contributed by atoms with E-state index in [2.05, 4.69) is 34.5 Å². The van der Waals surface area contributed by atoms with Crippen LogP contribution in [0.2, 0.25) is 0 Å². The fourth-order valence-corrected chi connectivity index (χ4v) is 1.32. The maximum absolute atomic E-state index is 8.36. The third-order valence-corrected chi connectivity index (χ3v) is 2.33. The van der Waals surface area contributed by atoms with Crippen molar-refractivity contribution in [1.29, 1.82) is 5.26 Å². The van der Waals surface area contributed by atoms with Crippen LogP contribution in [0.25, 0.3) is 0 Å².